The highest BCUT2D eigenvalue weighted by molar-refractivity contribution is 6.33. The summed E-state index contributed by atoms with van der Waals surface area (Å²) in [5.74, 6) is 0.365. The van der Waals surface area contributed by atoms with Gasteiger partial charge in [-0.25, -0.2) is 4.79 Å². The second kappa shape index (κ2) is 7.18. The average Bonchev–Trinajstić information content (AvgIpc) is 2.84. The number of anilines is 1. The van der Waals surface area contributed by atoms with Crippen molar-refractivity contribution in [2.24, 2.45) is 5.92 Å². The molecular weight excluding hydrogens is 302 g/mol. The van der Waals surface area contributed by atoms with E-state index in [2.05, 4.69) is 15.6 Å². The van der Waals surface area contributed by atoms with Gasteiger partial charge in [0.25, 0.3) is 0 Å². The molecule has 0 aliphatic heterocycles. The third-order valence-corrected chi connectivity index (χ3v) is 4.00. The minimum atomic E-state index is -0.472. The molecule has 0 saturated heterocycles. The standard InChI is InChI=1S/C16H24ClN3O2/c1-16(2,3)22-15(21)19-9-11-5-4-6-13(11)20-14-10-18-8-7-12(14)17/h7-8,10-11,13,20H,4-6,9H2,1-3H3,(H,19,21). The van der Waals surface area contributed by atoms with E-state index >= 15 is 0 Å². The van der Waals surface area contributed by atoms with Crippen LogP contribution >= 0.6 is 11.6 Å². The van der Waals surface area contributed by atoms with E-state index in [1.54, 1.807) is 18.5 Å². The van der Waals surface area contributed by atoms with Crippen molar-refractivity contribution in [3.05, 3.63) is 23.5 Å². The first kappa shape index (κ1) is 16.9. The van der Waals surface area contributed by atoms with Gasteiger partial charge in [-0.15, -0.1) is 0 Å². The molecule has 6 heteroatoms. The molecule has 1 amide bonds. The van der Waals surface area contributed by atoms with Gasteiger partial charge in [0.2, 0.25) is 0 Å². The number of ether oxygens (including phenoxy) is 1. The summed E-state index contributed by atoms with van der Waals surface area (Å²) in [5, 5.41) is 6.97. The first-order chi connectivity index (χ1) is 10.3. The Morgan fingerprint density at radius 2 is 2.23 bits per heavy atom. The minimum Gasteiger partial charge on any atom is -0.444 e. The largest absolute Gasteiger partial charge is 0.444 e. The summed E-state index contributed by atoms with van der Waals surface area (Å²) in [6, 6.07) is 2.06. The number of halogens is 1. The number of nitrogens with zero attached hydrogens (tertiary/aromatic N) is 1. The second-order valence-corrected chi connectivity index (χ2v) is 7.09. The first-order valence-corrected chi connectivity index (χ1v) is 8.06. The van der Waals surface area contributed by atoms with E-state index < -0.39 is 5.60 Å². The smallest absolute Gasteiger partial charge is 0.407 e. The van der Waals surface area contributed by atoms with E-state index in [0.717, 1.165) is 24.9 Å². The lowest BCUT2D eigenvalue weighted by atomic mass is 10.0. The number of carbonyl (C=O) groups excluding carboxylic acids is 1. The predicted molar refractivity (Wildman–Crippen MR) is 88.2 cm³/mol. The number of rotatable bonds is 4. The van der Waals surface area contributed by atoms with Crippen LogP contribution in [0.3, 0.4) is 0 Å². The van der Waals surface area contributed by atoms with Crippen molar-refractivity contribution < 1.29 is 9.53 Å². The summed E-state index contributed by atoms with van der Waals surface area (Å²) in [6.07, 6.45) is 6.31. The molecule has 1 aromatic heterocycles. The van der Waals surface area contributed by atoms with Crippen LogP contribution in [0, 0.1) is 5.92 Å². The van der Waals surface area contributed by atoms with Crippen molar-refractivity contribution in [3.8, 4) is 0 Å². The van der Waals surface area contributed by atoms with Crippen molar-refractivity contribution in [1.82, 2.24) is 10.3 Å². The number of aromatic nitrogens is 1. The third kappa shape index (κ3) is 5.05. The maximum atomic E-state index is 11.7. The van der Waals surface area contributed by atoms with E-state index in [1.807, 2.05) is 20.8 Å². The van der Waals surface area contributed by atoms with Crippen LogP contribution in [0.4, 0.5) is 10.5 Å². The summed E-state index contributed by atoms with van der Waals surface area (Å²) >= 11 is 6.16. The van der Waals surface area contributed by atoms with E-state index in [9.17, 15) is 4.79 Å². The molecule has 1 saturated carbocycles. The Hall–Kier alpha value is -1.49. The Balaban J connectivity index is 1.86. The van der Waals surface area contributed by atoms with Crippen LogP contribution < -0.4 is 10.6 Å². The highest BCUT2D eigenvalue weighted by atomic mass is 35.5. The fourth-order valence-electron chi connectivity index (χ4n) is 2.68. The van der Waals surface area contributed by atoms with E-state index in [-0.39, 0.29) is 12.1 Å². The monoisotopic (exact) mass is 325 g/mol. The second-order valence-electron chi connectivity index (χ2n) is 6.68. The molecule has 0 bridgehead atoms. The third-order valence-electron chi connectivity index (χ3n) is 3.68. The molecule has 1 aliphatic carbocycles. The lowest BCUT2D eigenvalue weighted by Crippen LogP contribution is -2.38. The number of amides is 1. The number of nitrogens with one attached hydrogen (secondary N) is 2. The Bertz CT molecular complexity index is 516. The van der Waals surface area contributed by atoms with Gasteiger partial charge in [-0.1, -0.05) is 18.0 Å². The van der Waals surface area contributed by atoms with Gasteiger partial charge in [-0.2, -0.15) is 0 Å². The van der Waals surface area contributed by atoms with Gasteiger partial charge >= 0.3 is 6.09 Å². The average molecular weight is 326 g/mol. The molecule has 1 aliphatic rings. The van der Waals surface area contributed by atoms with Crippen LogP contribution in [-0.4, -0.2) is 29.3 Å². The van der Waals surface area contributed by atoms with Crippen LogP contribution in [0.15, 0.2) is 18.5 Å². The lowest BCUT2D eigenvalue weighted by Gasteiger charge is -2.24. The SMILES string of the molecule is CC(C)(C)OC(=O)NCC1CCCC1Nc1cnccc1Cl. The van der Waals surface area contributed by atoms with Crippen molar-refractivity contribution in [1.29, 1.82) is 0 Å². The zero-order valence-corrected chi connectivity index (χ0v) is 14.1. The van der Waals surface area contributed by atoms with Crippen LogP contribution in [0.25, 0.3) is 0 Å². The first-order valence-electron chi connectivity index (χ1n) is 7.68. The van der Waals surface area contributed by atoms with Crippen LogP contribution in [0.2, 0.25) is 5.02 Å². The molecule has 0 aromatic carbocycles. The minimum absolute atomic E-state index is 0.289. The van der Waals surface area contributed by atoms with E-state index in [1.165, 1.54) is 0 Å². The number of hydrogen-bond acceptors (Lipinski definition) is 4. The Kier molecular flexibility index (Phi) is 5.51. The molecular formula is C16H24ClN3O2. The Labute approximate surface area is 136 Å². The molecule has 2 rings (SSSR count). The van der Waals surface area contributed by atoms with Crippen molar-refractivity contribution >= 4 is 23.4 Å². The highest BCUT2D eigenvalue weighted by Gasteiger charge is 2.28. The van der Waals surface area contributed by atoms with E-state index in [0.29, 0.717) is 17.5 Å². The summed E-state index contributed by atoms with van der Waals surface area (Å²) in [7, 11) is 0. The Morgan fingerprint density at radius 3 is 2.91 bits per heavy atom. The van der Waals surface area contributed by atoms with Crippen LogP contribution in [0.1, 0.15) is 40.0 Å². The zero-order valence-electron chi connectivity index (χ0n) is 13.4. The molecule has 2 unspecified atom stereocenters. The fraction of sp³-hybridized carbons (Fsp3) is 0.625. The molecule has 122 valence electrons. The molecule has 1 aromatic rings. The quantitative estimate of drug-likeness (QED) is 0.882. The zero-order chi connectivity index (χ0) is 16.2. The maximum Gasteiger partial charge on any atom is 0.407 e. The maximum absolute atomic E-state index is 11.7. The van der Waals surface area contributed by atoms with Crippen molar-refractivity contribution in [2.75, 3.05) is 11.9 Å². The molecule has 1 fully saturated rings. The van der Waals surface area contributed by atoms with Gasteiger partial charge in [0, 0.05) is 18.8 Å². The van der Waals surface area contributed by atoms with Gasteiger partial charge in [-0.3, -0.25) is 4.98 Å². The molecule has 1 heterocycles. The van der Waals surface area contributed by atoms with E-state index in [4.69, 9.17) is 16.3 Å². The fourth-order valence-corrected chi connectivity index (χ4v) is 2.84. The molecule has 0 radical (unpaired) electrons. The lowest BCUT2D eigenvalue weighted by molar-refractivity contribution is 0.0519. The van der Waals surface area contributed by atoms with Crippen molar-refractivity contribution in [3.63, 3.8) is 0 Å². The van der Waals surface area contributed by atoms with Crippen molar-refractivity contribution in [2.45, 2.75) is 51.7 Å². The highest BCUT2D eigenvalue weighted by Crippen LogP contribution is 2.30. The number of carbonyl (C=O) groups is 1. The number of alkyl carbamates (subject to hydrolysis) is 1. The molecule has 22 heavy (non-hydrogen) atoms. The van der Waals surface area contributed by atoms with Gasteiger partial charge in [0.05, 0.1) is 16.9 Å². The molecule has 2 N–H and O–H groups in total. The van der Waals surface area contributed by atoms with Gasteiger partial charge in [0.15, 0.2) is 0 Å². The summed E-state index contributed by atoms with van der Waals surface area (Å²) < 4.78 is 5.27. The normalized spacial score (nSPS) is 21.5. The molecule has 2 atom stereocenters. The molecule has 0 spiro atoms. The number of hydrogen-bond donors (Lipinski definition) is 2. The van der Waals surface area contributed by atoms with Gasteiger partial charge < -0.3 is 15.4 Å². The predicted octanol–water partition coefficient (Wildman–Crippen LogP) is 3.84. The van der Waals surface area contributed by atoms with Crippen LogP contribution in [-0.2, 0) is 4.74 Å². The van der Waals surface area contributed by atoms with Gasteiger partial charge in [-0.05, 0) is 45.6 Å². The Morgan fingerprint density at radius 1 is 1.45 bits per heavy atom. The van der Waals surface area contributed by atoms with Gasteiger partial charge in [0.1, 0.15) is 5.60 Å². The van der Waals surface area contributed by atoms with Crippen LogP contribution in [0.5, 0.6) is 0 Å². The summed E-state index contributed by atoms with van der Waals surface area (Å²) in [4.78, 5) is 15.8. The number of pyridine rings is 1. The topological polar surface area (TPSA) is 63.2 Å². The summed E-state index contributed by atoms with van der Waals surface area (Å²) in [6.45, 7) is 6.18. The summed E-state index contributed by atoms with van der Waals surface area (Å²) in [5.41, 5.74) is 0.374. The molecule has 5 nitrogen and oxygen atoms in total.